The highest BCUT2D eigenvalue weighted by atomic mass is 35.5. The van der Waals surface area contributed by atoms with E-state index in [4.69, 9.17) is 16.3 Å². The molecule has 0 spiro atoms. The number of aryl methyl sites for hydroxylation is 2. The summed E-state index contributed by atoms with van der Waals surface area (Å²) in [6, 6.07) is 8.89. The van der Waals surface area contributed by atoms with Crippen LogP contribution in [0.3, 0.4) is 0 Å². The number of esters is 1. The van der Waals surface area contributed by atoms with Crippen molar-refractivity contribution >= 4 is 23.5 Å². The summed E-state index contributed by atoms with van der Waals surface area (Å²) in [6.45, 7) is 5.55. The maximum atomic E-state index is 12.0. The van der Waals surface area contributed by atoms with Gasteiger partial charge in [-0.2, -0.15) is 0 Å². The second kappa shape index (κ2) is 7.93. The third-order valence-electron chi connectivity index (χ3n) is 3.72. The van der Waals surface area contributed by atoms with E-state index < -0.39 is 5.97 Å². The molecule has 2 aromatic rings. The van der Waals surface area contributed by atoms with Gasteiger partial charge in [-0.1, -0.05) is 29.8 Å². The van der Waals surface area contributed by atoms with Crippen LogP contribution in [0.5, 0.6) is 0 Å². The van der Waals surface area contributed by atoms with Crippen molar-refractivity contribution in [1.29, 1.82) is 0 Å². The number of pyridine rings is 1. The molecule has 5 nitrogen and oxygen atoms in total. The van der Waals surface area contributed by atoms with Crippen LogP contribution in [0.2, 0.25) is 5.15 Å². The number of carbonyl (C=O) groups is 2. The molecular weight excluding hydrogens is 328 g/mol. The first-order chi connectivity index (χ1) is 11.4. The summed E-state index contributed by atoms with van der Waals surface area (Å²) in [5.41, 5.74) is 3.48. The number of ether oxygens (including phenoxy) is 1. The van der Waals surface area contributed by atoms with Gasteiger partial charge in [0.1, 0.15) is 5.15 Å². The van der Waals surface area contributed by atoms with E-state index in [0.717, 1.165) is 11.1 Å². The summed E-state index contributed by atoms with van der Waals surface area (Å²) < 4.78 is 4.97. The third kappa shape index (κ3) is 4.55. The van der Waals surface area contributed by atoms with Gasteiger partial charge in [0.05, 0.1) is 11.6 Å². The smallest absolute Gasteiger partial charge is 0.341 e. The van der Waals surface area contributed by atoms with Gasteiger partial charge < -0.3 is 10.1 Å². The standard InChI is InChI=1S/C18H19ClN2O3/c1-11-6-7-14(9-12(11)2)13(3)21-16(22)10-24-18(23)15-5-4-8-20-17(15)19/h4-9,13H,10H2,1-3H3,(H,21,22)/t13-/m1/s1. The predicted molar refractivity (Wildman–Crippen MR) is 92.0 cm³/mol. The zero-order valence-electron chi connectivity index (χ0n) is 13.8. The number of nitrogens with one attached hydrogen (secondary N) is 1. The minimum Gasteiger partial charge on any atom is -0.452 e. The average Bonchev–Trinajstić information content (AvgIpc) is 2.55. The quantitative estimate of drug-likeness (QED) is 0.665. The molecule has 1 aromatic heterocycles. The molecule has 0 saturated carbocycles. The van der Waals surface area contributed by atoms with Crippen LogP contribution in [0.25, 0.3) is 0 Å². The second-order valence-electron chi connectivity index (χ2n) is 5.55. The Kier molecular flexibility index (Phi) is 5.93. The van der Waals surface area contributed by atoms with Gasteiger partial charge in [-0.3, -0.25) is 4.79 Å². The maximum absolute atomic E-state index is 12.0. The molecule has 0 bridgehead atoms. The summed E-state index contributed by atoms with van der Waals surface area (Å²) in [7, 11) is 0. The van der Waals surface area contributed by atoms with E-state index in [1.165, 1.54) is 17.8 Å². The number of aromatic nitrogens is 1. The van der Waals surface area contributed by atoms with E-state index >= 15 is 0 Å². The van der Waals surface area contributed by atoms with Crippen molar-refractivity contribution in [2.75, 3.05) is 6.61 Å². The fourth-order valence-electron chi connectivity index (χ4n) is 2.15. The Hall–Kier alpha value is -2.40. The Bertz CT molecular complexity index is 762. The highest BCUT2D eigenvalue weighted by molar-refractivity contribution is 6.32. The Labute approximate surface area is 146 Å². The van der Waals surface area contributed by atoms with Gasteiger partial charge >= 0.3 is 5.97 Å². The normalized spacial score (nSPS) is 11.7. The predicted octanol–water partition coefficient (Wildman–Crippen LogP) is 3.39. The molecule has 0 aliphatic carbocycles. The van der Waals surface area contributed by atoms with Crippen molar-refractivity contribution in [2.24, 2.45) is 0 Å². The molecule has 1 amide bonds. The minimum atomic E-state index is -0.679. The molecule has 1 N–H and O–H groups in total. The highest BCUT2D eigenvalue weighted by Crippen LogP contribution is 2.17. The molecule has 24 heavy (non-hydrogen) atoms. The minimum absolute atomic E-state index is 0.0476. The first-order valence-corrected chi connectivity index (χ1v) is 7.90. The fourth-order valence-corrected chi connectivity index (χ4v) is 2.34. The van der Waals surface area contributed by atoms with Crippen LogP contribution in [0, 0.1) is 13.8 Å². The number of hydrogen-bond acceptors (Lipinski definition) is 4. The summed E-state index contributed by atoms with van der Waals surface area (Å²) >= 11 is 5.81. The number of halogens is 1. The number of hydrogen-bond donors (Lipinski definition) is 1. The molecular formula is C18H19ClN2O3. The van der Waals surface area contributed by atoms with Crippen molar-refractivity contribution in [3.63, 3.8) is 0 Å². The number of nitrogens with zero attached hydrogens (tertiary/aromatic N) is 1. The number of rotatable bonds is 5. The Morgan fingerprint density at radius 1 is 1.25 bits per heavy atom. The van der Waals surface area contributed by atoms with Gasteiger partial charge in [0.25, 0.3) is 5.91 Å². The lowest BCUT2D eigenvalue weighted by Crippen LogP contribution is -2.31. The molecule has 0 unspecified atom stereocenters. The molecule has 0 fully saturated rings. The molecule has 0 saturated heterocycles. The van der Waals surface area contributed by atoms with E-state index in [-0.39, 0.29) is 29.3 Å². The van der Waals surface area contributed by atoms with Gasteiger partial charge in [-0.15, -0.1) is 0 Å². The third-order valence-corrected chi connectivity index (χ3v) is 4.02. The average molecular weight is 347 g/mol. The number of amides is 1. The van der Waals surface area contributed by atoms with Crippen molar-refractivity contribution in [2.45, 2.75) is 26.8 Å². The Balaban J connectivity index is 1.90. The van der Waals surface area contributed by atoms with Crippen LogP contribution >= 0.6 is 11.6 Å². The number of carbonyl (C=O) groups excluding carboxylic acids is 2. The van der Waals surface area contributed by atoms with Crippen LogP contribution in [0.1, 0.15) is 40.0 Å². The van der Waals surface area contributed by atoms with Crippen molar-refractivity contribution in [3.8, 4) is 0 Å². The maximum Gasteiger partial charge on any atom is 0.341 e. The van der Waals surface area contributed by atoms with E-state index in [1.807, 2.05) is 39.0 Å². The topological polar surface area (TPSA) is 68.3 Å². The number of benzene rings is 1. The van der Waals surface area contributed by atoms with Crippen LogP contribution in [-0.2, 0) is 9.53 Å². The first-order valence-electron chi connectivity index (χ1n) is 7.52. The molecule has 1 atom stereocenters. The molecule has 0 radical (unpaired) electrons. The zero-order chi connectivity index (χ0) is 17.7. The SMILES string of the molecule is Cc1ccc([C@@H](C)NC(=O)COC(=O)c2cccnc2Cl)cc1C. The lowest BCUT2D eigenvalue weighted by atomic mass is 10.0. The van der Waals surface area contributed by atoms with Crippen LogP contribution in [0.15, 0.2) is 36.5 Å². The van der Waals surface area contributed by atoms with E-state index in [1.54, 1.807) is 6.07 Å². The lowest BCUT2D eigenvalue weighted by Gasteiger charge is -2.15. The second-order valence-corrected chi connectivity index (χ2v) is 5.91. The van der Waals surface area contributed by atoms with E-state index in [9.17, 15) is 9.59 Å². The Morgan fingerprint density at radius 2 is 2.00 bits per heavy atom. The van der Waals surface area contributed by atoms with Crippen LogP contribution in [0.4, 0.5) is 0 Å². The largest absolute Gasteiger partial charge is 0.452 e. The van der Waals surface area contributed by atoms with Crippen molar-refractivity contribution in [3.05, 3.63) is 63.9 Å². The summed E-state index contributed by atoms with van der Waals surface area (Å²) in [6.07, 6.45) is 1.47. The molecule has 1 aromatic carbocycles. The monoisotopic (exact) mass is 346 g/mol. The molecule has 0 aliphatic heterocycles. The lowest BCUT2D eigenvalue weighted by molar-refractivity contribution is -0.124. The zero-order valence-corrected chi connectivity index (χ0v) is 14.6. The first kappa shape index (κ1) is 17.9. The summed E-state index contributed by atoms with van der Waals surface area (Å²) in [5, 5.41) is 2.85. The molecule has 6 heteroatoms. The van der Waals surface area contributed by atoms with Gasteiger partial charge in [0, 0.05) is 6.20 Å². The fraction of sp³-hybridized carbons (Fsp3) is 0.278. The van der Waals surface area contributed by atoms with Crippen molar-refractivity contribution < 1.29 is 14.3 Å². The van der Waals surface area contributed by atoms with Crippen LogP contribution in [-0.4, -0.2) is 23.5 Å². The van der Waals surface area contributed by atoms with Gasteiger partial charge in [-0.25, -0.2) is 9.78 Å². The van der Waals surface area contributed by atoms with E-state index in [0.29, 0.717) is 0 Å². The molecule has 1 heterocycles. The summed E-state index contributed by atoms with van der Waals surface area (Å²) in [5.74, 6) is -1.06. The molecule has 2 rings (SSSR count). The van der Waals surface area contributed by atoms with Gasteiger partial charge in [0.15, 0.2) is 6.61 Å². The van der Waals surface area contributed by atoms with Gasteiger partial charge in [-0.05, 0) is 49.6 Å². The van der Waals surface area contributed by atoms with Gasteiger partial charge in [0.2, 0.25) is 0 Å². The molecule has 126 valence electrons. The Morgan fingerprint density at radius 3 is 2.67 bits per heavy atom. The molecule has 0 aliphatic rings. The van der Waals surface area contributed by atoms with Crippen LogP contribution < -0.4 is 5.32 Å². The van der Waals surface area contributed by atoms with E-state index in [2.05, 4.69) is 10.3 Å². The van der Waals surface area contributed by atoms with Crippen molar-refractivity contribution in [1.82, 2.24) is 10.3 Å². The summed E-state index contributed by atoms with van der Waals surface area (Å²) in [4.78, 5) is 27.6. The highest BCUT2D eigenvalue weighted by Gasteiger charge is 2.15.